The minimum atomic E-state index is -0.704. The van der Waals surface area contributed by atoms with Crippen LogP contribution in [0.1, 0.15) is 61.1 Å². The van der Waals surface area contributed by atoms with Gasteiger partial charge in [-0.1, -0.05) is 25.1 Å². The molecule has 4 nitrogen and oxygen atoms in total. The van der Waals surface area contributed by atoms with Crippen LogP contribution in [0.5, 0.6) is 0 Å². The van der Waals surface area contributed by atoms with E-state index in [1.54, 1.807) is 24.9 Å². The molecule has 0 fully saturated rings. The van der Waals surface area contributed by atoms with Crippen molar-refractivity contribution in [2.45, 2.75) is 51.7 Å². The van der Waals surface area contributed by atoms with E-state index in [9.17, 15) is 9.90 Å². The Morgan fingerprint density at radius 1 is 1.28 bits per heavy atom. The molecule has 1 aromatic carbocycles. The number of aliphatic hydroxyl groups is 1. The SMILES string of the molecule is CC[C@H](c1cccnc1)N(C)C(=O)c1cccc(CCC(C)(C)O)c1. The van der Waals surface area contributed by atoms with Crippen molar-refractivity contribution in [1.29, 1.82) is 0 Å². The Hall–Kier alpha value is -2.20. The van der Waals surface area contributed by atoms with Crippen molar-refractivity contribution in [3.8, 4) is 0 Å². The minimum absolute atomic E-state index is 0.000752. The van der Waals surface area contributed by atoms with Gasteiger partial charge in [-0.05, 0) is 62.4 Å². The number of amides is 1. The predicted octanol–water partition coefficient (Wildman–Crippen LogP) is 4.01. The quantitative estimate of drug-likeness (QED) is 0.828. The number of rotatable bonds is 7. The Kier molecular flexibility index (Phi) is 6.32. The molecule has 134 valence electrons. The number of benzene rings is 1. The van der Waals surface area contributed by atoms with Crippen LogP contribution in [0.2, 0.25) is 0 Å². The Morgan fingerprint density at radius 3 is 2.64 bits per heavy atom. The second-order valence-electron chi connectivity index (χ2n) is 7.14. The molecule has 1 amide bonds. The van der Waals surface area contributed by atoms with Gasteiger partial charge in [-0.2, -0.15) is 0 Å². The standard InChI is InChI=1S/C21H28N2O2/c1-5-19(18-10-7-13-22-15-18)23(4)20(24)17-9-6-8-16(14-17)11-12-21(2,3)25/h6-10,13-15,19,25H,5,11-12H2,1-4H3/t19-/m1/s1. The lowest BCUT2D eigenvalue weighted by Gasteiger charge is -2.27. The van der Waals surface area contributed by atoms with E-state index >= 15 is 0 Å². The molecule has 0 spiro atoms. The monoisotopic (exact) mass is 340 g/mol. The predicted molar refractivity (Wildman–Crippen MR) is 100 cm³/mol. The third-order valence-electron chi connectivity index (χ3n) is 4.44. The molecule has 1 atom stereocenters. The van der Waals surface area contributed by atoms with Gasteiger partial charge < -0.3 is 10.0 Å². The molecule has 0 radical (unpaired) electrons. The van der Waals surface area contributed by atoms with Crippen molar-refractivity contribution in [1.82, 2.24) is 9.88 Å². The van der Waals surface area contributed by atoms with Crippen LogP contribution in [-0.2, 0) is 6.42 Å². The summed E-state index contributed by atoms with van der Waals surface area (Å²) >= 11 is 0. The van der Waals surface area contributed by atoms with Crippen molar-refractivity contribution in [2.24, 2.45) is 0 Å². The first-order valence-electron chi connectivity index (χ1n) is 8.80. The van der Waals surface area contributed by atoms with Gasteiger partial charge in [0.05, 0.1) is 11.6 Å². The maximum absolute atomic E-state index is 12.9. The van der Waals surface area contributed by atoms with E-state index in [2.05, 4.69) is 11.9 Å². The van der Waals surface area contributed by atoms with Gasteiger partial charge in [0.25, 0.3) is 5.91 Å². The van der Waals surface area contributed by atoms with Crippen LogP contribution in [0, 0.1) is 0 Å². The average molecular weight is 340 g/mol. The molecule has 4 heteroatoms. The maximum atomic E-state index is 12.9. The van der Waals surface area contributed by atoms with Crippen LogP contribution in [0.15, 0.2) is 48.8 Å². The van der Waals surface area contributed by atoms with Gasteiger partial charge in [-0.15, -0.1) is 0 Å². The van der Waals surface area contributed by atoms with Crippen LogP contribution in [0.3, 0.4) is 0 Å². The Balaban J connectivity index is 2.16. The van der Waals surface area contributed by atoms with Gasteiger partial charge in [-0.3, -0.25) is 9.78 Å². The summed E-state index contributed by atoms with van der Waals surface area (Å²) in [6, 6.07) is 11.6. The largest absolute Gasteiger partial charge is 0.390 e. The number of pyridine rings is 1. The van der Waals surface area contributed by atoms with E-state index in [0.717, 1.165) is 24.0 Å². The summed E-state index contributed by atoms with van der Waals surface area (Å²) in [4.78, 5) is 18.9. The van der Waals surface area contributed by atoms with Crippen LogP contribution >= 0.6 is 0 Å². The summed E-state index contributed by atoms with van der Waals surface area (Å²) in [5.74, 6) is 0.000752. The van der Waals surface area contributed by atoms with Gasteiger partial charge in [0.1, 0.15) is 0 Å². The molecule has 25 heavy (non-hydrogen) atoms. The summed E-state index contributed by atoms with van der Waals surface area (Å²) in [6.07, 6.45) is 5.79. The zero-order valence-electron chi connectivity index (χ0n) is 15.6. The van der Waals surface area contributed by atoms with Crippen molar-refractivity contribution in [3.63, 3.8) is 0 Å². The molecule has 0 saturated heterocycles. The molecule has 0 bridgehead atoms. The summed E-state index contributed by atoms with van der Waals surface area (Å²) in [7, 11) is 1.84. The van der Waals surface area contributed by atoms with Crippen LogP contribution in [0.25, 0.3) is 0 Å². The Bertz CT molecular complexity index is 693. The first-order chi connectivity index (χ1) is 11.8. The van der Waals surface area contributed by atoms with E-state index < -0.39 is 5.60 Å². The highest BCUT2D eigenvalue weighted by molar-refractivity contribution is 5.94. The van der Waals surface area contributed by atoms with E-state index in [4.69, 9.17) is 0 Å². The molecule has 2 rings (SSSR count). The first kappa shape index (κ1) is 19.1. The number of aromatic nitrogens is 1. The second kappa shape index (κ2) is 8.26. The van der Waals surface area contributed by atoms with E-state index in [1.807, 2.05) is 49.6 Å². The fourth-order valence-corrected chi connectivity index (χ4v) is 2.96. The lowest BCUT2D eigenvalue weighted by molar-refractivity contribution is 0.0714. The van der Waals surface area contributed by atoms with Crippen molar-refractivity contribution < 1.29 is 9.90 Å². The van der Waals surface area contributed by atoms with E-state index in [1.165, 1.54) is 0 Å². The fraction of sp³-hybridized carbons (Fsp3) is 0.429. The highest BCUT2D eigenvalue weighted by Gasteiger charge is 2.22. The molecule has 0 saturated carbocycles. The molecular formula is C21H28N2O2. The lowest BCUT2D eigenvalue weighted by atomic mass is 9.97. The average Bonchev–Trinajstić information content (AvgIpc) is 2.60. The molecule has 0 aliphatic rings. The fourth-order valence-electron chi connectivity index (χ4n) is 2.96. The van der Waals surface area contributed by atoms with Crippen molar-refractivity contribution in [2.75, 3.05) is 7.05 Å². The summed E-state index contributed by atoms with van der Waals surface area (Å²) in [5.41, 5.74) is 2.08. The van der Waals surface area contributed by atoms with E-state index in [-0.39, 0.29) is 11.9 Å². The lowest BCUT2D eigenvalue weighted by Crippen LogP contribution is -2.31. The number of hydrogen-bond donors (Lipinski definition) is 1. The first-order valence-corrected chi connectivity index (χ1v) is 8.80. The number of carbonyl (C=O) groups excluding carboxylic acids is 1. The van der Waals surface area contributed by atoms with Gasteiger partial charge in [-0.25, -0.2) is 0 Å². The normalized spacial score (nSPS) is 12.7. The Morgan fingerprint density at radius 2 is 2.04 bits per heavy atom. The highest BCUT2D eigenvalue weighted by atomic mass is 16.3. The zero-order chi connectivity index (χ0) is 18.4. The van der Waals surface area contributed by atoms with Gasteiger partial charge in [0, 0.05) is 25.0 Å². The summed E-state index contributed by atoms with van der Waals surface area (Å²) < 4.78 is 0. The second-order valence-corrected chi connectivity index (χ2v) is 7.14. The topological polar surface area (TPSA) is 53.4 Å². The zero-order valence-corrected chi connectivity index (χ0v) is 15.6. The molecule has 0 aliphatic carbocycles. The van der Waals surface area contributed by atoms with Crippen molar-refractivity contribution >= 4 is 5.91 Å². The summed E-state index contributed by atoms with van der Waals surface area (Å²) in [6.45, 7) is 5.67. The Labute approximate surface area is 150 Å². The molecule has 1 heterocycles. The minimum Gasteiger partial charge on any atom is -0.390 e. The number of hydrogen-bond acceptors (Lipinski definition) is 3. The highest BCUT2D eigenvalue weighted by Crippen LogP contribution is 2.24. The number of carbonyl (C=O) groups is 1. The van der Waals surface area contributed by atoms with Gasteiger partial charge in [0.15, 0.2) is 0 Å². The third-order valence-corrected chi connectivity index (χ3v) is 4.44. The number of aryl methyl sites for hydroxylation is 1. The maximum Gasteiger partial charge on any atom is 0.254 e. The molecule has 0 aliphatic heterocycles. The molecule has 1 N–H and O–H groups in total. The molecule has 1 aromatic heterocycles. The smallest absolute Gasteiger partial charge is 0.254 e. The molecule has 2 aromatic rings. The van der Waals surface area contributed by atoms with E-state index in [0.29, 0.717) is 12.0 Å². The van der Waals surface area contributed by atoms with Gasteiger partial charge in [0.2, 0.25) is 0 Å². The third kappa shape index (κ3) is 5.40. The van der Waals surface area contributed by atoms with Crippen LogP contribution in [0.4, 0.5) is 0 Å². The van der Waals surface area contributed by atoms with Gasteiger partial charge >= 0.3 is 0 Å². The van der Waals surface area contributed by atoms with Crippen LogP contribution < -0.4 is 0 Å². The number of nitrogens with zero attached hydrogens (tertiary/aromatic N) is 2. The molecule has 0 unspecified atom stereocenters. The summed E-state index contributed by atoms with van der Waals surface area (Å²) in [5, 5.41) is 9.90. The van der Waals surface area contributed by atoms with Crippen molar-refractivity contribution in [3.05, 3.63) is 65.5 Å². The van der Waals surface area contributed by atoms with Crippen LogP contribution in [-0.4, -0.2) is 33.5 Å². The molecular weight excluding hydrogens is 312 g/mol.